The molecule has 1 spiro atoms. The lowest BCUT2D eigenvalue weighted by Crippen LogP contribution is -2.27. The predicted octanol–water partition coefficient (Wildman–Crippen LogP) is 12.9. The van der Waals surface area contributed by atoms with Gasteiger partial charge in [0.2, 0.25) is 0 Å². The Morgan fingerprint density at radius 1 is 0.456 bits per heavy atom. The zero-order chi connectivity index (χ0) is 37.5. The van der Waals surface area contributed by atoms with E-state index in [1.165, 1.54) is 61.2 Å². The molecule has 9 aromatic rings. The summed E-state index contributed by atoms with van der Waals surface area (Å²) in [5.41, 5.74) is 19.6. The largest absolute Gasteiger partial charge is 0.313 e. The van der Waals surface area contributed by atoms with E-state index in [-0.39, 0.29) is 0 Å². The van der Waals surface area contributed by atoms with Crippen LogP contribution in [0.5, 0.6) is 0 Å². The van der Waals surface area contributed by atoms with Gasteiger partial charge in [-0.15, -0.1) is 0 Å². The van der Waals surface area contributed by atoms with Gasteiger partial charge < -0.3 is 4.57 Å². The Bertz CT molecular complexity index is 3080. The number of para-hydroxylation sites is 1. The SMILES string of the molecule is C1=CCc2c(c3ccccc3n2-c2ccc(-c3ccc(-c4nc(-c5ccccc5)c5c(n4)-c4ccccc4C54c5ccccc5-c5ccccc54)cc3)cc2)C=C1. The minimum atomic E-state index is -0.530. The standard InChI is InChI=1S/C54H35N3/c1-3-15-37(16-4-1)51-50-52(44-21-9-13-24-47(44)54(50)45-22-11-7-17-40(45)41-18-8-12-23-46(41)54)56-53(55-51)38-29-27-35(28-30-38)36-31-33-39(34-32-36)57-48-25-6-2-5-19-42(48)43-20-10-14-26-49(43)57/h1-24,26-34H,25H2. The summed E-state index contributed by atoms with van der Waals surface area (Å²) in [5.74, 6) is 0.726. The summed E-state index contributed by atoms with van der Waals surface area (Å²) in [6.45, 7) is 0. The van der Waals surface area contributed by atoms with Crippen LogP contribution in [-0.4, -0.2) is 14.5 Å². The Morgan fingerprint density at radius 3 is 1.74 bits per heavy atom. The second-order valence-corrected chi connectivity index (χ2v) is 15.2. The van der Waals surface area contributed by atoms with Gasteiger partial charge in [0.15, 0.2) is 5.82 Å². The number of rotatable bonds is 4. The van der Waals surface area contributed by atoms with Crippen molar-refractivity contribution in [3.63, 3.8) is 0 Å². The fraction of sp³-hybridized carbons (Fsp3) is 0.0370. The van der Waals surface area contributed by atoms with Gasteiger partial charge in [-0.05, 0) is 57.1 Å². The molecule has 2 heterocycles. The van der Waals surface area contributed by atoms with Crippen LogP contribution in [0.25, 0.3) is 78.8 Å². The lowest BCUT2D eigenvalue weighted by Gasteiger charge is -2.31. The lowest BCUT2D eigenvalue weighted by atomic mass is 9.69. The molecule has 0 bridgehead atoms. The van der Waals surface area contributed by atoms with Crippen molar-refractivity contribution in [2.24, 2.45) is 0 Å². The summed E-state index contributed by atoms with van der Waals surface area (Å²) in [7, 11) is 0. The number of allylic oxidation sites excluding steroid dienone is 3. The highest BCUT2D eigenvalue weighted by Gasteiger charge is 2.54. The molecule has 3 aliphatic rings. The smallest absolute Gasteiger partial charge is 0.160 e. The quantitative estimate of drug-likeness (QED) is 0.181. The molecule has 0 aliphatic heterocycles. The van der Waals surface area contributed by atoms with E-state index in [1.54, 1.807) is 0 Å². The first-order valence-corrected chi connectivity index (χ1v) is 19.7. The van der Waals surface area contributed by atoms with Gasteiger partial charge in [-0.3, -0.25) is 0 Å². The average Bonchev–Trinajstić information content (AvgIpc) is 3.78. The molecule has 0 amide bonds. The number of fused-ring (bicyclic) bond motifs is 13. The first-order valence-electron chi connectivity index (χ1n) is 19.7. The second kappa shape index (κ2) is 12.3. The van der Waals surface area contributed by atoms with Crippen molar-refractivity contribution in [2.45, 2.75) is 11.8 Å². The first-order chi connectivity index (χ1) is 28.3. The summed E-state index contributed by atoms with van der Waals surface area (Å²) in [6, 6.07) is 63.7. The second-order valence-electron chi connectivity index (χ2n) is 15.2. The van der Waals surface area contributed by atoms with Crippen molar-refractivity contribution in [3.05, 3.63) is 228 Å². The van der Waals surface area contributed by atoms with Crippen molar-refractivity contribution in [1.29, 1.82) is 0 Å². The van der Waals surface area contributed by atoms with Crippen LogP contribution in [-0.2, 0) is 11.8 Å². The van der Waals surface area contributed by atoms with Gasteiger partial charge in [0.05, 0.1) is 22.3 Å². The molecule has 3 aliphatic carbocycles. The van der Waals surface area contributed by atoms with Crippen LogP contribution in [0, 0.1) is 0 Å². The maximum Gasteiger partial charge on any atom is 0.160 e. The zero-order valence-corrected chi connectivity index (χ0v) is 31.1. The monoisotopic (exact) mass is 725 g/mol. The Labute approximate surface area is 331 Å². The number of aromatic nitrogens is 3. The molecular formula is C54H35N3. The van der Waals surface area contributed by atoms with Gasteiger partial charge in [0.1, 0.15) is 0 Å². The molecule has 3 nitrogen and oxygen atoms in total. The molecule has 0 radical (unpaired) electrons. The summed E-state index contributed by atoms with van der Waals surface area (Å²) in [6.07, 6.45) is 9.67. The van der Waals surface area contributed by atoms with Gasteiger partial charge in [-0.25, -0.2) is 9.97 Å². The third-order valence-electron chi connectivity index (χ3n) is 12.3. The zero-order valence-electron chi connectivity index (χ0n) is 31.1. The van der Waals surface area contributed by atoms with E-state index >= 15 is 0 Å². The molecule has 0 fully saturated rings. The van der Waals surface area contributed by atoms with E-state index in [1.807, 2.05) is 0 Å². The molecule has 0 saturated carbocycles. The van der Waals surface area contributed by atoms with Crippen molar-refractivity contribution < 1.29 is 0 Å². The van der Waals surface area contributed by atoms with Gasteiger partial charge in [-0.1, -0.05) is 182 Å². The van der Waals surface area contributed by atoms with Gasteiger partial charge >= 0.3 is 0 Å². The van der Waals surface area contributed by atoms with Crippen LogP contribution in [0.2, 0.25) is 0 Å². The molecule has 0 unspecified atom stereocenters. The molecular weight excluding hydrogens is 691 g/mol. The fourth-order valence-corrected chi connectivity index (χ4v) is 9.92. The third kappa shape index (κ3) is 4.54. The topological polar surface area (TPSA) is 30.7 Å². The number of benzene rings is 7. The van der Waals surface area contributed by atoms with Gasteiger partial charge in [0, 0.05) is 51.0 Å². The van der Waals surface area contributed by atoms with Gasteiger partial charge in [-0.2, -0.15) is 0 Å². The Kier molecular flexibility index (Phi) is 6.91. The normalized spacial score (nSPS) is 13.9. The average molecular weight is 726 g/mol. The van der Waals surface area contributed by atoms with Crippen LogP contribution in [0.15, 0.2) is 194 Å². The number of hydrogen-bond acceptors (Lipinski definition) is 2. The molecule has 3 heteroatoms. The van der Waals surface area contributed by atoms with E-state index in [0.717, 1.165) is 51.5 Å². The van der Waals surface area contributed by atoms with Crippen LogP contribution >= 0.6 is 0 Å². The van der Waals surface area contributed by atoms with Crippen LogP contribution < -0.4 is 0 Å². The van der Waals surface area contributed by atoms with Crippen LogP contribution in [0.3, 0.4) is 0 Å². The molecule has 7 aromatic carbocycles. The summed E-state index contributed by atoms with van der Waals surface area (Å²) < 4.78 is 2.41. The lowest BCUT2D eigenvalue weighted by molar-refractivity contribution is 0.788. The Morgan fingerprint density at radius 2 is 1.02 bits per heavy atom. The highest BCUT2D eigenvalue weighted by molar-refractivity contribution is 5.98. The minimum Gasteiger partial charge on any atom is -0.313 e. The van der Waals surface area contributed by atoms with E-state index in [9.17, 15) is 0 Å². The van der Waals surface area contributed by atoms with E-state index in [4.69, 9.17) is 9.97 Å². The van der Waals surface area contributed by atoms with Crippen molar-refractivity contribution in [3.8, 4) is 61.8 Å². The van der Waals surface area contributed by atoms with Crippen molar-refractivity contribution in [2.75, 3.05) is 0 Å². The molecule has 0 saturated heterocycles. The molecule has 12 rings (SSSR count). The van der Waals surface area contributed by atoms with Gasteiger partial charge in [0.25, 0.3) is 0 Å². The maximum absolute atomic E-state index is 5.52. The molecule has 0 N–H and O–H groups in total. The molecule has 57 heavy (non-hydrogen) atoms. The summed E-state index contributed by atoms with van der Waals surface area (Å²) in [4.78, 5) is 11.0. The maximum atomic E-state index is 5.52. The van der Waals surface area contributed by atoms with Crippen molar-refractivity contribution >= 4 is 17.0 Å². The minimum absolute atomic E-state index is 0.530. The predicted molar refractivity (Wildman–Crippen MR) is 233 cm³/mol. The highest BCUT2D eigenvalue weighted by Crippen LogP contribution is 2.64. The Balaban J connectivity index is 0.985. The van der Waals surface area contributed by atoms with E-state index in [0.29, 0.717) is 0 Å². The first kappa shape index (κ1) is 31.9. The van der Waals surface area contributed by atoms with E-state index < -0.39 is 5.41 Å². The summed E-state index contributed by atoms with van der Waals surface area (Å²) in [5, 5.41) is 1.29. The molecule has 2 aromatic heterocycles. The highest BCUT2D eigenvalue weighted by atomic mass is 15.0. The third-order valence-corrected chi connectivity index (χ3v) is 12.3. The number of hydrogen-bond donors (Lipinski definition) is 0. The van der Waals surface area contributed by atoms with Crippen LogP contribution in [0.4, 0.5) is 0 Å². The molecule has 0 atom stereocenters. The molecule has 266 valence electrons. The van der Waals surface area contributed by atoms with Crippen molar-refractivity contribution in [1.82, 2.24) is 14.5 Å². The van der Waals surface area contributed by atoms with Crippen LogP contribution in [0.1, 0.15) is 33.5 Å². The summed E-state index contributed by atoms with van der Waals surface area (Å²) >= 11 is 0. The number of nitrogens with zero attached hydrogens (tertiary/aromatic N) is 3. The Hall–Kier alpha value is -7.36. The fourth-order valence-electron chi connectivity index (χ4n) is 9.92. The van der Waals surface area contributed by atoms with E-state index in [2.05, 4.69) is 205 Å².